The van der Waals surface area contributed by atoms with E-state index >= 15 is 0 Å². The van der Waals surface area contributed by atoms with E-state index in [2.05, 4.69) is 16.8 Å². The molecule has 3 fully saturated rings. The zero-order valence-electron chi connectivity index (χ0n) is 16.7. The molecule has 5 rings (SSSR count). The molecule has 1 saturated carbocycles. The van der Waals surface area contributed by atoms with Gasteiger partial charge in [0.2, 0.25) is 0 Å². The van der Waals surface area contributed by atoms with Gasteiger partial charge in [-0.25, -0.2) is 0 Å². The van der Waals surface area contributed by atoms with Crippen LogP contribution in [0.2, 0.25) is 0 Å². The molecule has 0 radical (unpaired) electrons. The molecule has 0 aromatic heterocycles. The third-order valence-electron chi connectivity index (χ3n) is 7.34. The topological polar surface area (TPSA) is 56.2 Å². The first-order chi connectivity index (χ1) is 13.6. The molecular formula is C22H31N3O3. The second kappa shape index (κ2) is 7.32. The number of aliphatic hydroxyl groups excluding tert-OH is 1. The molecule has 6 nitrogen and oxygen atoms in total. The quantitative estimate of drug-likeness (QED) is 0.826. The number of hydrogen-bond donors (Lipinski definition) is 1. The number of likely N-dealkylation sites (N-methyl/N-ethyl adjacent to an activating group) is 1. The number of ether oxygens (including phenoxy) is 1. The summed E-state index contributed by atoms with van der Waals surface area (Å²) in [5, 5.41) is 10.8. The Morgan fingerprint density at radius 2 is 1.86 bits per heavy atom. The van der Waals surface area contributed by atoms with Crippen molar-refractivity contribution >= 4 is 5.91 Å². The van der Waals surface area contributed by atoms with E-state index < -0.39 is 0 Å². The van der Waals surface area contributed by atoms with Crippen LogP contribution in [-0.2, 0) is 6.42 Å². The fourth-order valence-electron chi connectivity index (χ4n) is 5.62. The average molecular weight is 386 g/mol. The van der Waals surface area contributed by atoms with Gasteiger partial charge < -0.3 is 19.6 Å². The summed E-state index contributed by atoms with van der Waals surface area (Å²) in [5.74, 6) is 2.00. The van der Waals surface area contributed by atoms with E-state index in [1.54, 1.807) is 0 Å². The first-order valence-corrected chi connectivity index (χ1v) is 10.7. The van der Waals surface area contributed by atoms with Crippen LogP contribution in [0, 0.1) is 11.8 Å². The molecule has 152 valence electrons. The molecule has 28 heavy (non-hydrogen) atoms. The van der Waals surface area contributed by atoms with E-state index in [0.717, 1.165) is 75.4 Å². The molecule has 1 N–H and O–H groups in total. The van der Waals surface area contributed by atoms with E-state index in [1.807, 2.05) is 23.1 Å². The van der Waals surface area contributed by atoms with Gasteiger partial charge in [0, 0.05) is 57.3 Å². The summed E-state index contributed by atoms with van der Waals surface area (Å²) >= 11 is 0. The highest BCUT2D eigenvalue weighted by atomic mass is 16.5. The normalized spacial score (nSPS) is 33.4. The second-order valence-electron chi connectivity index (χ2n) is 9.10. The average Bonchev–Trinajstić information content (AvgIpc) is 3.33. The SMILES string of the molecule is CN1CCN([C@@H]2C[C@@H]3CN(C(=O)c4ccc5c(c4)CCO5)C[C@@H]3C[C@H]2O)CC1. The molecule has 4 aliphatic rings. The van der Waals surface area contributed by atoms with Crippen LogP contribution >= 0.6 is 0 Å². The van der Waals surface area contributed by atoms with Gasteiger partial charge in [-0.15, -0.1) is 0 Å². The maximum atomic E-state index is 13.1. The number of carbonyl (C=O) groups is 1. The highest BCUT2D eigenvalue weighted by Gasteiger charge is 2.45. The number of hydrogen-bond acceptors (Lipinski definition) is 5. The van der Waals surface area contributed by atoms with E-state index in [-0.39, 0.29) is 18.1 Å². The molecule has 1 aromatic carbocycles. The van der Waals surface area contributed by atoms with E-state index in [1.165, 1.54) is 0 Å². The lowest BCUT2D eigenvalue weighted by Crippen LogP contribution is -2.55. The van der Waals surface area contributed by atoms with E-state index in [0.29, 0.717) is 18.4 Å². The van der Waals surface area contributed by atoms with Gasteiger partial charge >= 0.3 is 0 Å². The van der Waals surface area contributed by atoms with Gasteiger partial charge in [0.15, 0.2) is 0 Å². The van der Waals surface area contributed by atoms with Crippen molar-refractivity contribution in [2.75, 3.05) is 52.9 Å². The largest absolute Gasteiger partial charge is 0.493 e. The Hall–Kier alpha value is -1.63. The zero-order valence-corrected chi connectivity index (χ0v) is 16.7. The molecular weight excluding hydrogens is 354 g/mol. The number of carbonyl (C=O) groups excluding carboxylic acids is 1. The van der Waals surface area contributed by atoms with Gasteiger partial charge in [0.1, 0.15) is 5.75 Å². The third-order valence-corrected chi connectivity index (χ3v) is 7.34. The van der Waals surface area contributed by atoms with Crippen LogP contribution in [0.4, 0.5) is 0 Å². The van der Waals surface area contributed by atoms with Crippen molar-refractivity contribution in [3.05, 3.63) is 29.3 Å². The number of amides is 1. The van der Waals surface area contributed by atoms with Crippen molar-refractivity contribution < 1.29 is 14.6 Å². The Bertz CT molecular complexity index is 747. The third kappa shape index (κ3) is 3.31. The molecule has 0 unspecified atom stereocenters. The van der Waals surface area contributed by atoms with Crippen LogP contribution in [0.15, 0.2) is 18.2 Å². The molecule has 1 aromatic rings. The Morgan fingerprint density at radius 3 is 2.64 bits per heavy atom. The standard InChI is InChI=1S/C22H31N3O3/c1-23-5-7-24(8-6-23)19-11-17-13-25(14-18(17)12-20(19)26)22(27)16-2-3-21-15(10-16)4-9-28-21/h2-3,10,17-20,26H,4-9,11-14H2,1H3/t17-,18+,19-,20-/m1/s1. The van der Waals surface area contributed by atoms with Crippen LogP contribution in [0.3, 0.4) is 0 Å². The van der Waals surface area contributed by atoms with Crippen molar-refractivity contribution in [2.24, 2.45) is 11.8 Å². The van der Waals surface area contributed by atoms with Crippen molar-refractivity contribution in [1.82, 2.24) is 14.7 Å². The van der Waals surface area contributed by atoms with Crippen molar-refractivity contribution in [1.29, 1.82) is 0 Å². The predicted octanol–water partition coefficient (Wildman–Crippen LogP) is 1.08. The maximum Gasteiger partial charge on any atom is 0.253 e. The first kappa shape index (κ1) is 18.4. The van der Waals surface area contributed by atoms with Crippen LogP contribution < -0.4 is 4.74 Å². The molecule has 1 aliphatic carbocycles. The lowest BCUT2D eigenvalue weighted by atomic mass is 9.77. The number of nitrogens with zero attached hydrogens (tertiary/aromatic N) is 3. The van der Waals surface area contributed by atoms with Crippen molar-refractivity contribution in [3.8, 4) is 5.75 Å². The lowest BCUT2D eigenvalue weighted by molar-refractivity contribution is -0.0249. The van der Waals surface area contributed by atoms with Gasteiger partial charge in [-0.1, -0.05) is 0 Å². The minimum absolute atomic E-state index is 0.134. The maximum absolute atomic E-state index is 13.1. The molecule has 0 bridgehead atoms. The van der Waals surface area contributed by atoms with Gasteiger partial charge in [0.05, 0.1) is 12.7 Å². The number of aliphatic hydroxyl groups is 1. The summed E-state index contributed by atoms with van der Waals surface area (Å²) in [5.41, 5.74) is 1.92. The lowest BCUT2D eigenvalue weighted by Gasteiger charge is -2.44. The van der Waals surface area contributed by atoms with E-state index in [9.17, 15) is 9.90 Å². The summed E-state index contributed by atoms with van der Waals surface area (Å²) in [7, 11) is 2.16. The number of rotatable bonds is 2. The summed E-state index contributed by atoms with van der Waals surface area (Å²) < 4.78 is 5.56. The minimum Gasteiger partial charge on any atom is -0.493 e. The Balaban J connectivity index is 1.25. The fraction of sp³-hybridized carbons (Fsp3) is 0.682. The van der Waals surface area contributed by atoms with Crippen LogP contribution in [0.25, 0.3) is 0 Å². The molecule has 3 heterocycles. The molecule has 2 saturated heterocycles. The molecule has 0 spiro atoms. The number of benzene rings is 1. The highest BCUT2D eigenvalue weighted by Crippen LogP contribution is 2.39. The highest BCUT2D eigenvalue weighted by molar-refractivity contribution is 5.95. The van der Waals surface area contributed by atoms with Crippen LogP contribution in [-0.4, -0.2) is 90.8 Å². The number of likely N-dealkylation sites (tertiary alicyclic amines) is 1. The Kier molecular flexibility index (Phi) is 4.81. The van der Waals surface area contributed by atoms with Gasteiger partial charge in [-0.05, 0) is 55.5 Å². The summed E-state index contributed by atoms with van der Waals surface area (Å²) in [6.07, 6.45) is 2.46. The molecule has 4 atom stereocenters. The Labute approximate surface area is 167 Å². The van der Waals surface area contributed by atoms with Crippen LogP contribution in [0.1, 0.15) is 28.8 Å². The number of piperazine rings is 1. The number of fused-ring (bicyclic) bond motifs is 2. The Morgan fingerprint density at radius 1 is 1.11 bits per heavy atom. The molecule has 3 aliphatic heterocycles. The predicted molar refractivity (Wildman–Crippen MR) is 107 cm³/mol. The van der Waals surface area contributed by atoms with Gasteiger partial charge in [-0.3, -0.25) is 9.69 Å². The van der Waals surface area contributed by atoms with E-state index in [4.69, 9.17) is 4.74 Å². The first-order valence-electron chi connectivity index (χ1n) is 10.7. The second-order valence-corrected chi connectivity index (χ2v) is 9.10. The minimum atomic E-state index is -0.267. The smallest absolute Gasteiger partial charge is 0.253 e. The summed E-state index contributed by atoms with van der Waals surface area (Å²) in [6, 6.07) is 6.10. The summed E-state index contributed by atoms with van der Waals surface area (Å²) in [4.78, 5) is 19.9. The van der Waals surface area contributed by atoms with Gasteiger partial charge in [0.25, 0.3) is 5.91 Å². The van der Waals surface area contributed by atoms with Crippen molar-refractivity contribution in [3.63, 3.8) is 0 Å². The fourth-order valence-corrected chi connectivity index (χ4v) is 5.62. The van der Waals surface area contributed by atoms with Crippen molar-refractivity contribution in [2.45, 2.75) is 31.4 Å². The zero-order chi connectivity index (χ0) is 19.3. The molecule has 1 amide bonds. The van der Waals surface area contributed by atoms with Gasteiger partial charge in [-0.2, -0.15) is 0 Å². The summed E-state index contributed by atoms with van der Waals surface area (Å²) in [6.45, 7) is 6.54. The molecule has 6 heteroatoms. The monoisotopic (exact) mass is 385 g/mol. The van der Waals surface area contributed by atoms with Crippen LogP contribution in [0.5, 0.6) is 5.75 Å².